The Labute approximate surface area is 102 Å². The maximum Gasteiger partial charge on any atom is 0.306 e. The third-order valence-electron chi connectivity index (χ3n) is 4.00. The van der Waals surface area contributed by atoms with Crippen molar-refractivity contribution in [2.75, 3.05) is 0 Å². The Morgan fingerprint density at radius 1 is 1.24 bits per heavy atom. The fourth-order valence-corrected chi connectivity index (χ4v) is 3.86. The molecule has 0 atom stereocenters. The molecule has 0 amide bonds. The standard InChI is InChI=1S/C11H19NO4S/c1-11(6-7-11)17(15,16)12-9-4-2-8(3-5-9)10(13)14/h8-9,12H,2-7H2,1H3,(H,13,14). The van der Waals surface area contributed by atoms with Gasteiger partial charge in [0.2, 0.25) is 10.0 Å². The predicted octanol–water partition coefficient (Wildman–Crippen LogP) is 1.10. The molecule has 0 spiro atoms. The van der Waals surface area contributed by atoms with Gasteiger partial charge in [-0.3, -0.25) is 4.79 Å². The number of carboxylic acid groups (broad SMARTS) is 1. The molecule has 5 nitrogen and oxygen atoms in total. The summed E-state index contributed by atoms with van der Waals surface area (Å²) in [6, 6.07) is -0.0759. The molecule has 0 bridgehead atoms. The van der Waals surface area contributed by atoms with Crippen LogP contribution in [-0.2, 0) is 14.8 Å². The van der Waals surface area contributed by atoms with Crippen molar-refractivity contribution in [3.8, 4) is 0 Å². The van der Waals surface area contributed by atoms with E-state index >= 15 is 0 Å². The van der Waals surface area contributed by atoms with E-state index in [1.165, 1.54) is 0 Å². The second-order valence-corrected chi connectivity index (χ2v) is 7.69. The van der Waals surface area contributed by atoms with Crippen molar-refractivity contribution in [3.63, 3.8) is 0 Å². The first-order valence-corrected chi connectivity index (χ1v) is 7.57. The van der Waals surface area contributed by atoms with Crippen LogP contribution in [-0.4, -0.2) is 30.3 Å². The highest BCUT2D eigenvalue weighted by molar-refractivity contribution is 7.91. The lowest BCUT2D eigenvalue weighted by molar-refractivity contribution is -0.142. The average Bonchev–Trinajstić information content (AvgIpc) is 2.98. The van der Waals surface area contributed by atoms with Crippen LogP contribution in [0.4, 0.5) is 0 Å². The molecule has 0 aromatic rings. The molecule has 0 aromatic heterocycles. The van der Waals surface area contributed by atoms with Gasteiger partial charge in [-0.05, 0) is 45.4 Å². The van der Waals surface area contributed by atoms with Gasteiger partial charge in [0.15, 0.2) is 0 Å². The molecule has 2 saturated carbocycles. The fraction of sp³-hybridized carbons (Fsp3) is 0.909. The Kier molecular flexibility index (Phi) is 3.20. The van der Waals surface area contributed by atoms with Gasteiger partial charge in [0.05, 0.1) is 10.7 Å². The number of carboxylic acids is 1. The molecule has 98 valence electrons. The molecule has 2 fully saturated rings. The van der Waals surface area contributed by atoms with Crippen LogP contribution in [0.3, 0.4) is 0 Å². The fourth-order valence-electron chi connectivity index (χ4n) is 2.26. The molecule has 0 heterocycles. The summed E-state index contributed by atoms with van der Waals surface area (Å²) in [4.78, 5) is 10.8. The Hall–Kier alpha value is -0.620. The highest BCUT2D eigenvalue weighted by Gasteiger charge is 2.50. The maximum atomic E-state index is 12.0. The summed E-state index contributed by atoms with van der Waals surface area (Å²) in [5.74, 6) is -1.06. The van der Waals surface area contributed by atoms with Crippen molar-refractivity contribution in [3.05, 3.63) is 0 Å². The SMILES string of the molecule is CC1(S(=O)(=O)NC2CCC(C(=O)O)CC2)CC1. The molecule has 0 aliphatic heterocycles. The van der Waals surface area contributed by atoms with Gasteiger partial charge in [-0.2, -0.15) is 0 Å². The highest BCUT2D eigenvalue weighted by atomic mass is 32.2. The Morgan fingerprint density at radius 2 is 1.76 bits per heavy atom. The minimum absolute atomic E-state index is 0.0759. The number of rotatable bonds is 4. The van der Waals surface area contributed by atoms with Gasteiger partial charge < -0.3 is 5.11 Å². The number of hydrogen-bond donors (Lipinski definition) is 2. The number of carbonyl (C=O) groups is 1. The minimum Gasteiger partial charge on any atom is -0.481 e. The Morgan fingerprint density at radius 3 is 2.18 bits per heavy atom. The van der Waals surface area contributed by atoms with Crippen molar-refractivity contribution in [2.24, 2.45) is 5.92 Å². The van der Waals surface area contributed by atoms with E-state index in [0.717, 1.165) is 12.8 Å². The Balaban J connectivity index is 1.88. The van der Waals surface area contributed by atoms with Gasteiger partial charge in [-0.15, -0.1) is 0 Å². The molecule has 17 heavy (non-hydrogen) atoms. The zero-order chi connectivity index (χ0) is 12.7. The topological polar surface area (TPSA) is 83.5 Å². The molecule has 2 aliphatic rings. The third kappa shape index (κ3) is 2.63. The van der Waals surface area contributed by atoms with E-state index in [-0.39, 0.29) is 12.0 Å². The van der Waals surface area contributed by atoms with Gasteiger partial charge in [0.25, 0.3) is 0 Å². The average molecular weight is 261 g/mol. The molecule has 0 aromatic carbocycles. The summed E-state index contributed by atoms with van der Waals surface area (Å²) in [5, 5.41) is 8.86. The van der Waals surface area contributed by atoms with Crippen molar-refractivity contribution in [1.82, 2.24) is 4.72 Å². The van der Waals surface area contributed by atoms with E-state index in [4.69, 9.17) is 5.11 Å². The number of sulfonamides is 1. The largest absolute Gasteiger partial charge is 0.481 e. The summed E-state index contributed by atoms with van der Waals surface area (Å²) in [7, 11) is -3.22. The summed E-state index contributed by atoms with van der Waals surface area (Å²) in [6.07, 6.45) is 3.86. The molecule has 0 unspecified atom stereocenters. The zero-order valence-corrected chi connectivity index (χ0v) is 10.8. The van der Waals surface area contributed by atoms with E-state index in [9.17, 15) is 13.2 Å². The van der Waals surface area contributed by atoms with Crippen LogP contribution in [0.2, 0.25) is 0 Å². The molecule has 2 N–H and O–H groups in total. The van der Waals surface area contributed by atoms with E-state index in [1.54, 1.807) is 6.92 Å². The van der Waals surface area contributed by atoms with Gasteiger partial charge in [-0.1, -0.05) is 0 Å². The predicted molar refractivity (Wildman–Crippen MR) is 63.1 cm³/mol. The van der Waals surface area contributed by atoms with Crippen LogP contribution in [0.15, 0.2) is 0 Å². The van der Waals surface area contributed by atoms with Crippen molar-refractivity contribution >= 4 is 16.0 Å². The van der Waals surface area contributed by atoms with Gasteiger partial charge in [-0.25, -0.2) is 13.1 Å². The molecular weight excluding hydrogens is 242 g/mol. The minimum atomic E-state index is -3.22. The van der Waals surface area contributed by atoms with Crippen LogP contribution < -0.4 is 4.72 Å². The molecule has 0 saturated heterocycles. The molecule has 2 aliphatic carbocycles. The Bertz CT molecular complexity index is 405. The first-order chi connectivity index (χ1) is 7.84. The second kappa shape index (κ2) is 4.24. The monoisotopic (exact) mass is 261 g/mol. The smallest absolute Gasteiger partial charge is 0.306 e. The normalized spacial score (nSPS) is 32.1. The number of nitrogens with one attached hydrogen (secondary N) is 1. The summed E-state index contributed by atoms with van der Waals surface area (Å²) >= 11 is 0. The van der Waals surface area contributed by atoms with E-state index in [1.807, 2.05) is 0 Å². The lowest BCUT2D eigenvalue weighted by atomic mass is 9.87. The lowest BCUT2D eigenvalue weighted by Gasteiger charge is -2.27. The maximum absolute atomic E-state index is 12.0. The first-order valence-electron chi connectivity index (χ1n) is 6.09. The van der Waals surface area contributed by atoms with Crippen LogP contribution in [0.25, 0.3) is 0 Å². The molecular formula is C11H19NO4S. The van der Waals surface area contributed by atoms with Crippen LogP contribution in [0.5, 0.6) is 0 Å². The molecule has 2 rings (SSSR count). The highest BCUT2D eigenvalue weighted by Crippen LogP contribution is 2.42. The van der Waals surface area contributed by atoms with Crippen LogP contribution >= 0.6 is 0 Å². The first kappa shape index (κ1) is 12.8. The number of hydrogen-bond acceptors (Lipinski definition) is 3. The second-order valence-electron chi connectivity index (χ2n) is 5.46. The summed E-state index contributed by atoms with van der Waals surface area (Å²) in [5.41, 5.74) is 0. The van der Waals surface area contributed by atoms with Crippen molar-refractivity contribution in [2.45, 2.75) is 56.2 Å². The number of aliphatic carboxylic acids is 1. The lowest BCUT2D eigenvalue weighted by Crippen LogP contribution is -2.43. The van der Waals surface area contributed by atoms with E-state index < -0.39 is 20.7 Å². The summed E-state index contributed by atoms with van der Waals surface area (Å²) < 4.78 is 26.1. The molecule has 6 heteroatoms. The van der Waals surface area contributed by atoms with Gasteiger partial charge in [0, 0.05) is 6.04 Å². The van der Waals surface area contributed by atoms with Crippen molar-refractivity contribution in [1.29, 1.82) is 0 Å². The van der Waals surface area contributed by atoms with Crippen LogP contribution in [0, 0.1) is 5.92 Å². The summed E-state index contributed by atoms with van der Waals surface area (Å²) in [6.45, 7) is 1.76. The quantitative estimate of drug-likeness (QED) is 0.794. The van der Waals surface area contributed by atoms with Gasteiger partial charge in [0.1, 0.15) is 0 Å². The molecule has 0 radical (unpaired) electrons. The zero-order valence-electron chi connectivity index (χ0n) is 9.98. The third-order valence-corrected chi connectivity index (χ3v) is 6.35. The van der Waals surface area contributed by atoms with E-state index in [2.05, 4.69) is 4.72 Å². The van der Waals surface area contributed by atoms with Crippen LogP contribution in [0.1, 0.15) is 45.4 Å². The van der Waals surface area contributed by atoms with Crippen molar-refractivity contribution < 1.29 is 18.3 Å². The van der Waals surface area contributed by atoms with E-state index in [0.29, 0.717) is 25.7 Å². The van der Waals surface area contributed by atoms with Gasteiger partial charge >= 0.3 is 5.97 Å².